The van der Waals surface area contributed by atoms with Gasteiger partial charge in [0, 0.05) is 30.9 Å². The largest absolute Gasteiger partial charge is 0.481 e. The summed E-state index contributed by atoms with van der Waals surface area (Å²) < 4.78 is 0. The third kappa shape index (κ3) is 2.28. The van der Waals surface area contributed by atoms with E-state index in [4.69, 9.17) is 0 Å². The standard InChI is InChI=1S/C15H18N2O3/c18-14(4-1-10-5-7-16-8-6-10)17-11-2-3-13(17)12(9-11)15(19)20/h5-8,11-13H,1-4,9H2,(H,19,20). The zero-order valence-electron chi connectivity index (χ0n) is 11.2. The van der Waals surface area contributed by atoms with Crippen LogP contribution in [0.25, 0.3) is 0 Å². The van der Waals surface area contributed by atoms with Gasteiger partial charge in [0.05, 0.1) is 5.92 Å². The van der Waals surface area contributed by atoms with Gasteiger partial charge in [0.15, 0.2) is 0 Å². The number of hydrogen-bond donors (Lipinski definition) is 1. The Hall–Kier alpha value is -1.91. The van der Waals surface area contributed by atoms with E-state index >= 15 is 0 Å². The first-order valence-electron chi connectivity index (χ1n) is 7.09. The Morgan fingerprint density at radius 3 is 2.70 bits per heavy atom. The normalized spacial score (nSPS) is 27.8. The SMILES string of the molecule is O=C(O)C1CC2CCC1N2C(=O)CCc1ccncc1. The number of carboxylic acids is 1. The summed E-state index contributed by atoms with van der Waals surface area (Å²) in [6, 6.07) is 3.88. The van der Waals surface area contributed by atoms with E-state index in [0.29, 0.717) is 19.3 Å². The Kier molecular flexibility index (Phi) is 3.42. The van der Waals surface area contributed by atoms with E-state index in [1.54, 1.807) is 12.4 Å². The van der Waals surface area contributed by atoms with Gasteiger partial charge in [-0.1, -0.05) is 0 Å². The molecule has 2 aliphatic heterocycles. The van der Waals surface area contributed by atoms with Crippen molar-refractivity contribution in [1.29, 1.82) is 0 Å². The molecule has 2 fully saturated rings. The number of amides is 1. The molecule has 5 nitrogen and oxygen atoms in total. The summed E-state index contributed by atoms with van der Waals surface area (Å²) in [7, 11) is 0. The summed E-state index contributed by atoms with van der Waals surface area (Å²) in [6.45, 7) is 0. The number of fused-ring (bicyclic) bond motifs is 2. The van der Waals surface area contributed by atoms with Crippen molar-refractivity contribution in [3.63, 3.8) is 0 Å². The second-order valence-corrected chi connectivity index (χ2v) is 5.64. The van der Waals surface area contributed by atoms with Gasteiger partial charge in [-0.2, -0.15) is 0 Å². The maximum absolute atomic E-state index is 12.4. The minimum absolute atomic E-state index is 0.0811. The first-order chi connectivity index (χ1) is 9.66. The summed E-state index contributed by atoms with van der Waals surface area (Å²) in [5.74, 6) is -1.03. The summed E-state index contributed by atoms with van der Waals surface area (Å²) in [6.07, 6.45) is 7.00. The lowest BCUT2D eigenvalue weighted by Crippen LogP contribution is -2.37. The van der Waals surface area contributed by atoms with Gasteiger partial charge in [-0.15, -0.1) is 0 Å². The van der Waals surface area contributed by atoms with Crippen LogP contribution in [0.4, 0.5) is 0 Å². The molecule has 3 heterocycles. The fourth-order valence-electron chi connectivity index (χ4n) is 3.57. The van der Waals surface area contributed by atoms with E-state index in [9.17, 15) is 14.7 Å². The maximum Gasteiger partial charge on any atom is 0.308 e. The molecular formula is C15H18N2O3. The van der Waals surface area contributed by atoms with Crippen LogP contribution in [0, 0.1) is 5.92 Å². The van der Waals surface area contributed by atoms with E-state index in [1.165, 1.54) is 0 Å². The first-order valence-corrected chi connectivity index (χ1v) is 7.09. The van der Waals surface area contributed by atoms with Gasteiger partial charge in [-0.3, -0.25) is 14.6 Å². The second-order valence-electron chi connectivity index (χ2n) is 5.64. The van der Waals surface area contributed by atoms with Crippen LogP contribution >= 0.6 is 0 Å². The fraction of sp³-hybridized carbons (Fsp3) is 0.533. The second kappa shape index (κ2) is 5.23. The number of aromatic nitrogens is 1. The van der Waals surface area contributed by atoms with Crippen molar-refractivity contribution in [1.82, 2.24) is 9.88 Å². The summed E-state index contributed by atoms with van der Waals surface area (Å²) in [4.78, 5) is 29.4. The molecule has 0 aromatic carbocycles. The first kappa shape index (κ1) is 13.1. The fourth-order valence-corrected chi connectivity index (χ4v) is 3.57. The van der Waals surface area contributed by atoms with E-state index in [-0.39, 0.29) is 23.9 Å². The Bertz CT molecular complexity index is 517. The van der Waals surface area contributed by atoms with Crippen molar-refractivity contribution < 1.29 is 14.7 Å². The van der Waals surface area contributed by atoms with Crippen LogP contribution in [0.15, 0.2) is 24.5 Å². The number of nitrogens with zero attached hydrogens (tertiary/aromatic N) is 2. The summed E-state index contributed by atoms with van der Waals surface area (Å²) in [5, 5.41) is 9.20. The van der Waals surface area contributed by atoms with Gasteiger partial charge >= 0.3 is 5.97 Å². The predicted octanol–water partition coefficient (Wildman–Crippen LogP) is 1.48. The minimum atomic E-state index is -0.760. The molecule has 1 N–H and O–H groups in total. The number of aryl methyl sites for hydroxylation is 1. The van der Waals surface area contributed by atoms with Crippen molar-refractivity contribution in [3.8, 4) is 0 Å². The number of pyridine rings is 1. The average molecular weight is 274 g/mol. The average Bonchev–Trinajstić information content (AvgIpc) is 3.03. The molecule has 3 rings (SSSR count). The predicted molar refractivity (Wildman–Crippen MR) is 72.0 cm³/mol. The summed E-state index contributed by atoms with van der Waals surface area (Å²) >= 11 is 0. The quantitative estimate of drug-likeness (QED) is 0.902. The zero-order valence-corrected chi connectivity index (χ0v) is 11.2. The number of aliphatic carboxylic acids is 1. The monoisotopic (exact) mass is 274 g/mol. The Morgan fingerprint density at radius 2 is 2.05 bits per heavy atom. The van der Waals surface area contributed by atoms with Crippen LogP contribution in [0.5, 0.6) is 0 Å². The van der Waals surface area contributed by atoms with Crippen LogP contribution in [0.3, 0.4) is 0 Å². The molecule has 3 unspecified atom stereocenters. The third-order valence-corrected chi connectivity index (χ3v) is 4.52. The molecule has 0 saturated carbocycles. The molecule has 1 aromatic rings. The molecular weight excluding hydrogens is 256 g/mol. The Balaban J connectivity index is 1.62. The number of carbonyl (C=O) groups is 2. The molecule has 0 radical (unpaired) electrons. The maximum atomic E-state index is 12.4. The highest BCUT2D eigenvalue weighted by atomic mass is 16.4. The van der Waals surface area contributed by atoms with Gasteiger partial charge in [-0.05, 0) is 43.4 Å². The molecule has 106 valence electrons. The highest BCUT2D eigenvalue weighted by Gasteiger charge is 2.50. The topological polar surface area (TPSA) is 70.5 Å². The molecule has 5 heteroatoms. The lowest BCUT2D eigenvalue weighted by atomic mass is 9.89. The molecule has 3 atom stereocenters. The van der Waals surface area contributed by atoms with E-state index in [2.05, 4.69) is 4.98 Å². The van der Waals surface area contributed by atoms with Gasteiger partial charge in [0.25, 0.3) is 0 Å². The third-order valence-electron chi connectivity index (χ3n) is 4.52. The number of carboxylic acid groups (broad SMARTS) is 1. The van der Waals surface area contributed by atoms with Crippen molar-refractivity contribution in [2.75, 3.05) is 0 Å². The zero-order chi connectivity index (χ0) is 14.1. The minimum Gasteiger partial charge on any atom is -0.481 e. The van der Waals surface area contributed by atoms with E-state index < -0.39 is 5.97 Å². The van der Waals surface area contributed by atoms with Crippen molar-refractivity contribution in [2.24, 2.45) is 5.92 Å². The highest BCUT2D eigenvalue weighted by Crippen LogP contribution is 2.42. The van der Waals surface area contributed by atoms with Crippen LogP contribution in [-0.2, 0) is 16.0 Å². The van der Waals surface area contributed by atoms with Crippen LogP contribution in [0.2, 0.25) is 0 Å². The van der Waals surface area contributed by atoms with Crippen molar-refractivity contribution >= 4 is 11.9 Å². The van der Waals surface area contributed by atoms with Gasteiger partial charge in [0.2, 0.25) is 5.91 Å². The molecule has 20 heavy (non-hydrogen) atoms. The molecule has 1 amide bonds. The Labute approximate surface area is 117 Å². The van der Waals surface area contributed by atoms with Crippen LogP contribution in [0.1, 0.15) is 31.2 Å². The molecule has 0 spiro atoms. The number of hydrogen-bond acceptors (Lipinski definition) is 3. The van der Waals surface area contributed by atoms with Crippen LogP contribution in [-0.4, -0.2) is 39.0 Å². The lowest BCUT2D eigenvalue weighted by Gasteiger charge is -2.23. The number of rotatable bonds is 4. The van der Waals surface area contributed by atoms with Crippen molar-refractivity contribution in [3.05, 3.63) is 30.1 Å². The molecule has 0 aliphatic carbocycles. The Morgan fingerprint density at radius 1 is 1.30 bits per heavy atom. The smallest absolute Gasteiger partial charge is 0.308 e. The highest BCUT2D eigenvalue weighted by molar-refractivity contribution is 5.80. The van der Waals surface area contributed by atoms with Gasteiger partial charge < -0.3 is 10.0 Å². The lowest BCUT2D eigenvalue weighted by molar-refractivity contribution is -0.143. The van der Waals surface area contributed by atoms with Gasteiger partial charge in [-0.25, -0.2) is 0 Å². The van der Waals surface area contributed by atoms with E-state index in [1.807, 2.05) is 17.0 Å². The van der Waals surface area contributed by atoms with Crippen molar-refractivity contribution in [2.45, 2.75) is 44.2 Å². The summed E-state index contributed by atoms with van der Waals surface area (Å²) in [5.41, 5.74) is 1.09. The van der Waals surface area contributed by atoms with Gasteiger partial charge in [0.1, 0.15) is 0 Å². The molecule has 2 bridgehead atoms. The molecule has 2 aliphatic rings. The molecule has 2 saturated heterocycles. The van der Waals surface area contributed by atoms with E-state index in [0.717, 1.165) is 18.4 Å². The molecule has 1 aromatic heterocycles. The number of carbonyl (C=O) groups excluding carboxylic acids is 1. The van der Waals surface area contributed by atoms with Crippen LogP contribution < -0.4 is 0 Å².